The van der Waals surface area contributed by atoms with Gasteiger partial charge < -0.3 is 5.32 Å². The van der Waals surface area contributed by atoms with Gasteiger partial charge in [0.15, 0.2) is 5.69 Å². The average Bonchev–Trinajstić information content (AvgIpc) is 3.17. The Hall–Kier alpha value is -3.65. The molecular weight excluding hydrogens is 384 g/mol. The van der Waals surface area contributed by atoms with Crippen LogP contribution >= 0.6 is 0 Å². The Morgan fingerprint density at radius 1 is 1.00 bits per heavy atom. The van der Waals surface area contributed by atoms with Gasteiger partial charge in [0.2, 0.25) is 0 Å². The fraction of sp³-hybridized carbons (Fsp3) is 0.269. The fourth-order valence-corrected chi connectivity index (χ4v) is 3.81. The Balaban J connectivity index is 1.71. The number of fused-ring (bicyclic) bond motifs is 2. The summed E-state index contributed by atoms with van der Waals surface area (Å²) in [7, 11) is 0. The maximum absolute atomic E-state index is 13.4. The van der Waals surface area contributed by atoms with Gasteiger partial charge in [0.25, 0.3) is 5.91 Å². The number of nitrogens with zero attached hydrogens (tertiary/aromatic N) is 3. The quantitative estimate of drug-likeness (QED) is 0.397. The summed E-state index contributed by atoms with van der Waals surface area (Å²) >= 11 is 0. The smallest absolute Gasteiger partial charge is 0.251 e. The molecule has 156 valence electrons. The van der Waals surface area contributed by atoms with E-state index in [1.54, 1.807) is 16.8 Å². The molecule has 31 heavy (non-hydrogen) atoms. The predicted molar refractivity (Wildman–Crippen MR) is 127 cm³/mol. The van der Waals surface area contributed by atoms with Crippen LogP contribution in [-0.4, -0.2) is 15.7 Å². The van der Waals surface area contributed by atoms with Gasteiger partial charge in [-0.25, -0.2) is 9.53 Å². The molecule has 4 aromatic rings. The second-order valence-electron chi connectivity index (χ2n) is 9.38. The SMILES string of the molecule is [C-]#[N+]c1ccc(NC(=O)C(C)(C)n2ncc3cc(C(C)(C)C)ccc32)c2ccccc12. The van der Waals surface area contributed by atoms with E-state index in [1.807, 2.05) is 50.4 Å². The number of aromatic nitrogens is 2. The van der Waals surface area contributed by atoms with Crippen molar-refractivity contribution in [3.8, 4) is 0 Å². The zero-order valence-corrected chi connectivity index (χ0v) is 18.5. The van der Waals surface area contributed by atoms with Crippen molar-refractivity contribution in [1.29, 1.82) is 0 Å². The van der Waals surface area contributed by atoms with Crippen LogP contribution in [0.1, 0.15) is 40.2 Å². The second kappa shape index (κ2) is 7.24. The largest absolute Gasteiger partial charge is 0.324 e. The van der Waals surface area contributed by atoms with Crippen LogP contribution < -0.4 is 5.32 Å². The van der Waals surface area contributed by atoms with E-state index in [2.05, 4.69) is 48.2 Å². The number of hydrogen-bond acceptors (Lipinski definition) is 2. The van der Waals surface area contributed by atoms with Crippen molar-refractivity contribution in [3.05, 3.63) is 77.8 Å². The summed E-state index contributed by atoms with van der Waals surface area (Å²) in [4.78, 5) is 17.0. The molecule has 0 bridgehead atoms. The van der Waals surface area contributed by atoms with Crippen molar-refractivity contribution in [2.24, 2.45) is 0 Å². The van der Waals surface area contributed by atoms with E-state index in [9.17, 15) is 4.79 Å². The van der Waals surface area contributed by atoms with Gasteiger partial charge in [0.05, 0.1) is 18.3 Å². The van der Waals surface area contributed by atoms with E-state index in [0.29, 0.717) is 11.4 Å². The maximum atomic E-state index is 13.4. The van der Waals surface area contributed by atoms with Crippen LogP contribution in [0.15, 0.2) is 60.8 Å². The highest BCUT2D eigenvalue weighted by Crippen LogP contribution is 2.33. The molecule has 1 aromatic heterocycles. The summed E-state index contributed by atoms with van der Waals surface area (Å²) < 4.78 is 1.78. The van der Waals surface area contributed by atoms with Crippen LogP contribution in [0.25, 0.3) is 26.5 Å². The van der Waals surface area contributed by atoms with Gasteiger partial charge in [-0.05, 0) is 53.8 Å². The molecule has 0 saturated heterocycles. The first kappa shape index (κ1) is 20.6. The van der Waals surface area contributed by atoms with Crippen LogP contribution in [0.3, 0.4) is 0 Å². The van der Waals surface area contributed by atoms with Gasteiger partial charge in [-0.1, -0.05) is 57.2 Å². The number of carbonyl (C=O) groups excluding carboxylic acids is 1. The zero-order valence-electron chi connectivity index (χ0n) is 18.5. The molecule has 3 aromatic carbocycles. The first-order valence-electron chi connectivity index (χ1n) is 10.3. The van der Waals surface area contributed by atoms with Gasteiger partial charge in [0, 0.05) is 11.1 Å². The van der Waals surface area contributed by atoms with Gasteiger partial charge >= 0.3 is 0 Å². The van der Waals surface area contributed by atoms with Crippen molar-refractivity contribution in [3.63, 3.8) is 0 Å². The van der Waals surface area contributed by atoms with Crippen molar-refractivity contribution in [1.82, 2.24) is 9.78 Å². The van der Waals surface area contributed by atoms with E-state index in [4.69, 9.17) is 6.57 Å². The number of benzene rings is 3. The molecule has 4 rings (SSSR count). The number of rotatable bonds is 3. The molecule has 1 N–H and O–H groups in total. The summed E-state index contributed by atoms with van der Waals surface area (Å²) in [5, 5.41) is 10.3. The first-order valence-corrected chi connectivity index (χ1v) is 10.3. The maximum Gasteiger partial charge on any atom is 0.251 e. The number of anilines is 1. The first-order chi connectivity index (χ1) is 14.6. The molecule has 5 heteroatoms. The van der Waals surface area contributed by atoms with Gasteiger partial charge in [-0.3, -0.25) is 4.79 Å². The third kappa shape index (κ3) is 3.55. The van der Waals surface area contributed by atoms with Crippen molar-refractivity contribution in [2.75, 3.05) is 5.32 Å². The summed E-state index contributed by atoms with van der Waals surface area (Å²) in [5.74, 6) is -0.168. The lowest BCUT2D eigenvalue weighted by molar-refractivity contribution is -0.123. The highest BCUT2D eigenvalue weighted by molar-refractivity contribution is 6.08. The third-order valence-electron chi connectivity index (χ3n) is 5.79. The van der Waals surface area contributed by atoms with Crippen LogP contribution in [0.4, 0.5) is 11.4 Å². The summed E-state index contributed by atoms with van der Waals surface area (Å²) in [6.07, 6.45) is 1.82. The van der Waals surface area contributed by atoms with Crippen LogP contribution in [-0.2, 0) is 15.7 Å². The van der Waals surface area contributed by atoms with E-state index >= 15 is 0 Å². The Kier molecular flexibility index (Phi) is 4.82. The Labute approximate surface area is 182 Å². The van der Waals surface area contributed by atoms with E-state index in [0.717, 1.165) is 21.7 Å². The van der Waals surface area contributed by atoms with E-state index < -0.39 is 5.54 Å². The topological polar surface area (TPSA) is 51.3 Å². The lowest BCUT2D eigenvalue weighted by atomic mass is 9.86. The number of hydrogen-bond donors (Lipinski definition) is 1. The molecule has 5 nitrogen and oxygen atoms in total. The predicted octanol–water partition coefficient (Wildman–Crippen LogP) is 6.41. The zero-order chi connectivity index (χ0) is 22.4. The van der Waals surface area contributed by atoms with Crippen LogP contribution in [0, 0.1) is 6.57 Å². The highest BCUT2D eigenvalue weighted by atomic mass is 16.2. The lowest BCUT2D eigenvalue weighted by Gasteiger charge is -2.26. The molecule has 1 heterocycles. The van der Waals surface area contributed by atoms with Crippen molar-refractivity contribution >= 4 is 39.0 Å². The molecule has 0 aliphatic heterocycles. The molecule has 0 spiro atoms. The molecule has 0 aliphatic rings. The minimum absolute atomic E-state index is 0.0434. The summed E-state index contributed by atoms with van der Waals surface area (Å²) in [6.45, 7) is 17.7. The monoisotopic (exact) mass is 410 g/mol. The minimum Gasteiger partial charge on any atom is -0.324 e. The van der Waals surface area contributed by atoms with Gasteiger partial charge in [0.1, 0.15) is 5.54 Å². The van der Waals surface area contributed by atoms with E-state index in [1.165, 1.54) is 5.56 Å². The van der Waals surface area contributed by atoms with E-state index in [-0.39, 0.29) is 11.3 Å². The molecule has 0 atom stereocenters. The van der Waals surface area contributed by atoms with Gasteiger partial charge in [-0.2, -0.15) is 5.10 Å². The highest BCUT2D eigenvalue weighted by Gasteiger charge is 2.32. The normalized spacial score (nSPS) is 12.1. The summed E-state index contributed by atoms with van der Waals surface area (Å²) in [5.41, 5.74) is 2.54. The van der Waals surface area contributed by atoms with Gasteiger partial charge in [-0.15, -0.1) is 0 Å². The lowest BCUT2D eigenvalue weighted by Crippen LogP contribution is -2.41. The van der Waals surface area contributed by atoms with Crippen LogP contribution in [0.5, 0.6) is 0 Å². The Morgan fingerprint density at radius 2 is 1.71 bits per heavy atom. The molecule has 0 aliphatic carbocycles. The Morgan fingerprint density at radius 3 is 2.39 bits per heavy atom. The molecular formula is C26H26N4O. The number of carbonyl (C=O) groups is 1. The standard InChI is InChI=1S/C26H26N4O/c1-25(2,3)18-11-14-23-17(15-18)16-28-30(23)26(4,5)24(31)29-22-13-12-21(27-6)19-9-7-8-10-20(19)22/h7-16H,1-5H3,(H,29,31). The van der Waals surface area contributed by atoms with Crippen molar-refractivity contribution in [2.45, 2.75) is 45.6 Å². The molecule has 0 unspecified atom stereocenters. The molecule has 1 amide bonds. The number of amides is 1. The minimum atomic E-state index is -0.912. The summed E-state index contributed by atoms with van der Waals surface area (Å²) in [6, 6.07) is 17.4. The van der Waals surface area contributed by atoms with Crippen LogP contribution in [0.2, 0.25) is 0 Å². The fourth-order valence-electron chi connectivity index (χ4n) is 3.81. The number of nitrogens with one attached hydrogen (secondary N) is 1. The molecule has 0 fully saturated rings. The Bertz CT molecular complexity index is 1350. The third-order valence-corrected chi connectivity index (χ3v) is 5.79. The van der Waals surface area contributed by atoms with Crippen molar-refractivity contribution < 1.29 is 4.79 Å². The second-order valence-corrected chi connectivity index (χ2v) is 9.38. The molecule has 0 radical (unpaired) electrons. The molecule has 0 saturated carbocycles. The average molecular weight is 411 g/mol.